The van der Waals surface area contributed by atoms with E-state index in [1.165, 1.54) is 0 Å². The van der Waals surface area contributed by atoms with E-state index in [1.807, 2.05) is 20.8 Å². The fourth-order valence-corrected chi connectivity index (χ4v) is 3.38. The molecule has 3 fully saturated rings. The van der Waals surface area contributed by atoms with E-state index in [1.54, 1.807) is 4.90 Å². The van der Waals surface area contributed by atoms with Crippen LogP contribution in [0.15, 0.2) is 0 Å². The maximum Gasteiger partial charge on any atom is 0.410 e. The molecule has 1 N–H and O–H groups in total. The third-order valence-corrected chi connectivity index (χ3v) is 4.01. The van der Waals surface area contributed by atoms with Gasteiger partial charge in [0, 0.05) is 12.5 Å². The fourth-order valence-electron chi connectivity index (χ4n) is 3.38. The highest BCUT2D eigenvalue weighted by molar-refractivity contribution is 5.73. The van der Waals surface area contributed by atoms with Gasteiger partial charge in [0.1, 0.15) is 11.7 Å². The number of nitrogens with one attached hydrogen (secondary N) is 1. The topological polar surface area (TPSA) is 67.9 Å². The Bertz CT molecular complexity index is 417. The van der Waals surface area contributed by atoms with Crippen molar-refractivity contribution in [2.45, 2.75) is 69.9 Å². The summed E-state index contributed by atoms with van der Waals surface area (Å²) in [5.41, 5.74) is -0.497. The molecule has 0 aromatic carbocycles. The quantitative estimate of drug-likeness (QED) is 0.725. The van der Waals surface area contributed by atoms with E-state index in [0.29, 0.717) is 6.42 Å². The van der Waals surface area contributed by atoms with Crippen molar-refractivity contribution in [3.05, 3.63) is 0 Å². The van der Waals surface area contributed by atoms with Crippen LogP contribution in [0.3, 0.4) is 0 Å². The van der Waals surface area contributed by atoms with Crippen LogP contribution in [0, 0.1) is 0 Å². The van der Waals surface area contributed by atoms with Gasteiger partial charge in [-0.15, -0.1) is 0 Å². The smallest absolute Gasteiger partial charge is 0.410 e. The number of hydrogen-bond acceptors (Lipinski definition) is 4. The number of nitrogens with zero attached hydrogens (tertiary/aromatic N) is 1. The lowest BCUT2D eigenvalue weighted by molar-refractivity contribution is -0.0104. The molecule has 106 valence electrons. The minimum Gasteiger partial charge on any atom is -0.444 e. The number of alkyl carbamates (subject to hydrolysis) is 1. The molecule has 6 nitrogen and oxygen atoms in total. The normalized spacial score (nSPS) is 36.6. The summed E-state index contributed by atoms with van der Waals surface area (Å²) >= 11 is 0. The lowest BCUT2D eigenvalue weighted by atomic mass is 9.95. The van der Waals surface area contributed by atoms with Gasteiger partial charge >= 0.3 is 12.2 Å². The molecule has 2 amide bonds. The Morgan fingerprint density at radius 2 is 2.16 bits per heavy atom. The maximum absolute atomic E-state index is 12.3. The molecule has 0 aromatic rings. The Morgan fingerprint density at radius 3 is 2.84 bits per heavy atom. The SMILES string of the molecule is CC(C)(C)OC(=O)N1[C@H]2CC[C@@H]1[C@@H]1NC(=O)O[C@@H]1C2. The first-order valence-electron chi connectivity index (χ1n) is 6.83. The minimum atomic E-state index is -0.497. The molecule has 3 saturated heterocycles. The summed E-state index contributed by atoms with van der Waals surface area (Å²) in [6.45, 7) is 5.58. The lowest BCUT2D eigenvalue weighted by Crippen LogP contribution is -2.58. The van der Waals surface area contributed by atoms with Crippen molar-refractivity contribution >= 4 is 12.2 Å². The number of carbonyl (C=O) groups is 2. The molecular formula is C13H20N2O4. The Kier molecular flexibility index (Phi) is 2.66. The Hall–Kier alpha value is -1.46. The summed E-state index contributed by atoms with van der Waals surface area (Å²) in [7, 11) is 0. The Labute approximate surface area is 112 Å². The molecule has 19 heavy (non-hydrogen) atoms. The van der Waals surface area contributed by atoms with Gasteiger partial charge in [-0.05, 0) is 33.6 Å². The van der Waals surface area contributed by atoms with Crippen molar-refractivity contribution in [2.24, 2.45) is 0 Å². The third-order valence-electron chi connectivity index (χ3n) is 4.01. The molecule has 0 unspecified atom stereocenters. The third kappa shape index (κ3) is 2.13. The predicted octanol–water partition coefficient (Wildman–Crippen LogP) is 1.64. The molecule has 3 aliphatic heterocycles. The van der Waals surface area contributed by atoms with Gasteiger partial charge in [-0.1, -0.05) is 0 Å². The molecule has 3 aliphatic rings. The average Bonchev–Trinajstić information content (AvgIpc) is 2.77. The number of carbonyl (C=O) groups excluding carboxylic acids is 2. The molecule has 6 heteroatoms. The molecule has 0 aliphatic carbocycles. The van der Waals surface area contributed by atoms with Crippen LogP contribution >= 0.6 is 0 Å². The van der Waals surface area contributed by atoms with Gasteiger partial charge in [-0.25, -0.2) is 9.59 Å². The van der Waals surface area contributed by atoms with Crippen LogP contribution < -0.4 is 5.32 Å². The zero-order chi connectivity index (χ0) is 13.8. The van der Waals surface area contributed by atoms with Gasteiger partial charge in [0.15, 0.2) is 0 Å². The second-order valence-corrected chi connectivity index (χ2v) is 6.54. The number of piperidine rings is 1. The molecule has 0 aromatic heterocycles. The van der Waals surface area contributed by atoms with E-state index in [0.717, 1.165) is 12.8 Å². The van der Waals surface area contributed by atoms with Crippen LogP contribution in [0.5, 0.6) is 0 Å². The summed E-state index contributed by atoms with van der Waals surface area (Å²) in [6.07, 6.45) is 1.82. The summed E-state index contributed by atoms with van der Waals surface area (Å²) in [5.74, 6) is 0. The van der Waals surface area contributed by atoms with Crippen molar-refractivity contribution in [2.75, 3.05) is 0 Å². The van der Waals surface area contributed by atoms with Crippen molar-refractivity contribution in [3.8, 4) is 0 Å². The van der Waals surface area contributed by atoms with Gasteiger partial charge in [-0.2, -0.15) is 0 Å². The first-order valence-corrected chi connectivity index (χ1v) is 6.83. The summed E-state index contributed by atoms with van der Waals surface area (Å²) in [6, 6.07) is 0.0534. The van der Waals surface area contributed by atoms with Crippen molar-refractivity contribution in [3.63, 3.8) is 0 Å². The van der Waals surface area contributed by atoms with Crippen molar-refractivity contribution < 1.29 is 19.1 Å². The van der Waals surface area contributed by atoms with Crippen LogP contribution in [0.4, 0.5) is 9.59 Å². The van der Waals surface area contributed by atoms with Gasteiger partial charge in [0.25, 0.3) is 0 Å². The lowest BCUT2D eigenvalue weighted by Gasteiger charge is -2.40. The first kappa shape index (κ1) is 12.6. The predicted molar refractivity (Wildman–Crippen MR) is 66.7 cm³/mol. The average molecular weight is 268 g/mol. The van der Waals surface area contributed by atoms with Crippen LogP contribution in [0.2, 0.25) is 0 Å². The molecule has 4 atom stereocenters. The highest BCUT2D eigenvalue weighted by Crippen LogP contribution is 2.39. The van der Waals surface area contributed by atoms with E-state index >= 15 is 0 Å². The zero-order valence-corrected chi connectivity index (χ0v) is 11.5. The van der Waals surface area contributed by atoms with E-state index < -0.39 is 5.60 Å². The van der Waals surface area contributed by atoms with Crippen LogP contribution in [0.1, 0.15) is 40.0 Å². The molecule has 0 saturated carbocycles. The maximum atomic E-state index is 12.3. The second-order valence-electron chi connectivity index (χ2n) is 6.54. The largest absolute Gasteiger partial charge is 0.444 e. The molecule has 0 spiro atoms. The van der Waals surface area contributed by atoms with Gasteiger partial charge in [0.05, 0.1) is 12.1 Å². The molecule has 0 radical (unpaired) electrons. The summed E-state index contributed by atoms with van der Waals surface area (Å²) in [4.78, 5) is 25.4. The molecule has 2 bridgehead atoms. The van der Waals surface area contributed by atoms with Crippen LogP contribution in [-0.2, 0) is 9.47 Å². The monoisotopic (exact) mass is 268 g/mol. The Balaban J connectivity index is 1.77. The standard InChI is InChI=1S/C13H20N2O4/c1-13(2,3)19-12(17)15-7-4-5-8(15)10-9(6-7)18-11(16)14-10/h7-10H,4-6H2,1-3H3,(H,14,16)/t7-,8+,9+,10-/m0/s1. The number of fused-ring (bicyclic) bond motifs is 4. The van der Waals surface area contributed by atoms with E-state index in [9.17, 15) is 9.59 Å². The highest BCUT2D eigenvalue weighted by atomic mass is 16.6. The summed E-state index contributed by atoms with van der Waals surface area (Å²) in [5, 5.41) is 2.82. The number of hydrogen-bond donors (Lipinski definition) is 1. The van der Waals surface area contributed by atoms with Crippen LogP contribution in [0.25, 0.3) is 0 Å². The van der Waals surface area contributed by atoms with E-state index in [2.05, 4.69) is 5.32 Å². The van der Waals surface area contributed by atoms with Crippen molar-refractivity contribution in [1.29, 1.82) is 0 Å². The minimum absolute atomic E-state index is 0.00468. The number of rotatable bonds is 0. The first-order chi connectivity index (χ1) is 8.85. The van der Waals surface area contributed by atoms with Gasteiger partial charge < -0.3 is 14.8 Å². The molecule has 3 heterocycles. The fraction of sp³-hybridized carbons (Fsp3) is 0.846. The summed E-state index contributed by atoms with van der Waals surface area (Å²) < 4.78 is 10.7. The van der Waals surface area contributed by atoms with Gasteiger partial charge in [0.2, 0.25) is 0 Å². The van der Waals surface area contributed by atoms with Crippen molar-refractivity contribution in [1.82, 2.24) is 10.2 Å². The Morgan fingerprint density at radius 1 is 1.42 bits per heavy atom. The number of amides is 2. The van der Waals surface area contributed by atoms with Crippen LogP contribution in [-0.4, -0.2) is 46.9 Å². The van der Waals surface area contributed by atoms with E-state index in [-0.39, 0.29) is 36.4 Å². The zero-order valence-electron chi connectivity index (χ0n) is 11.5. The second kappa shape index (κ2) is 4.02. The van der Waals surface area contributed by atoms with E-state index in [4.69, 9.17) is 9.47 Å². The molecule has 3 rings (SSSR count). The van der Waals surface area contributed by atoms with Gasteiger partial charge in [-0.3, -0.25) is 4.90 Å². The number of ether oxygens (including phenoxy) is 2. The molecular weight excluding hydrogens is 248 g/mol. The highest BCUT2D eigenvalue weighted by Gasteiger charge is 2.54.